The van der Waals surface area contributed by atoms with Crippen LogP contribution in [0.15, 0.2) is 42.9 Å². The monoisotopic (exact) mass is 642 g/mol. The second kappa shape index (κ2) is 12.3. The average molecular weight is 643 g/mol. The molecule has 6 rings (SSSR count). The topological polar surface area (TPSA) is 137 Å². The third-order valence-electron chi connectivity index (χ3n) is 7.94. The van der Waals surface area contributed by atoms with E-state index in [9.17, 15) is 9.59 Å². The first-order chi connectivity index (χ1) is 22.2. The highest BCUT2D eigenvalue weighted by molar-refractivity contribution is 5.94. The average Bonchev–Trinajstić information content (AvgIpc) is 3.47. The number of anilines is 3. The quantitative estimate of drug-likeness (QED) is 0.258. The predicted octanol–water partition coefficient (Wildman–Crippen LogP) is 6.65. The van der Waals surface area contributed by atoms with Crippen molar-refractivity contribution in [3.63, 3.8) is 0 Å². The van der Waals surface area contributed by atoms with Gasteiger partial charge < -0.3 is 24.4 Å². The van der Waals surface area contributed by atoms with Crippen LogP contribution < -0.4 is 15.0 Å². The first-order valence-electron chi connectivity index (χ1n) is 15.9. The molecule has 2 amide bonds. The van der Waals surface area contributed by atoms with Gasteiger partial charge in [0.25, 0.3) is 0 Å². The molecular formula is C34H42N8O5. The fraction of sp³-hybridized carbons (Fsp3) is 0.471. The molecule has 0 atom stereocenters. The summed E-state index contributed by atoms with van der Waals surface area (Å²) in [4.78, 5) is 42.7. The van der Waals surface area contributed by atoms with Crippen molar-refractivity contribution >= 4 is 40.5 Å². The van der Waals surface area contributed by atoms with Crippen LogP contribution >= 0.6 is 0 Å². The molecule has 1 saturated heterocycles. The van der Waals surface area contributed by atoms with Gasteiger partial charge in [-0.1, -0.05) is 12.1 Å². The van der Waals surface area contributed by atoms with E-state index in [1.165, 1.54) is 0 Å². The van der Waals surface area contributed by atoms with Gasteiger partial charge in [0.05, 0.1) is 18.1 Å². The summed E-state index contributed by atoms with van der Waals surface area (Å²) in [6, 6.07) is 8.01. The first-order valence-corrected chi connectivity index (χ1v) is 15.9. The number of nitrogens with one attached hydrogen (secondary N) is 1. The number of hydrogen-bond acceptors (Lipinski definition) is 10. The van der Waals surface area contributed by atoms with E-state index in [2.05, 4.69) is 15.3 Å². The molecule has 2 aliphatic rings. The maximum atomic E-state index is 13.1. The van der Waals surface area contributed by atoms with Crippen molar-refractivity contribution in [3.8, 4) is 17.0 Å². The predicted molar refractivity (Wildman–Crippen MR) is 178 cm³/mol. The van der Waals surface area contributed by atoms with Gasteiger partial charge in [0.15, 0.2) is 5.82 Å². The first kappa shape index (κ1) is 32.0. The normalized spacial score (nSPS) is 15.6. The third kappa shape index (κ3) is 7.23. The molecule has 47 heavy (non-hydrogen) atoms. The SMILES string of the molecule is Cc1c(-c2ccc3cnc(Nc4ccn(C5CCN(C(=O)OC(C)(C)C)CC5)n4)nc3c2)cnc2c1N(C(=O)OC(C)(C)C)CCO2. The minimum atomic E-state index is -0.627. The van der Waals surface area contributed by atoms with Crippen molar-refractivity contribution in [1.82, 2.24) is 29.6 Å². The number of pyridine rings is 1. The summed E-state index contributed by atoms with van der Waals surface area (Å²) < 4.78 is 18.9. The molecule has 0 radical (unpaired) electrons. The van der Waals surface area contributed by atoms with Gasteiger partial charge >= 0.3 is 12.2 Å². The molecule has 0 spiro atoms. The van der Waals surface area contributed by atoms with Crippen LogP contribution in [0.25, 0.3) is 22.0 Å². The summed E-state index contributed by atoms with van der Waals surface area (Å²) in [6.45, 7) is 15.1. The number of ether oxygens (including phenoxy) is 3. The number of aromatic nitrogens is 5. The largest absolute Gasteiger partial charge is 0.474 e. The standard InChI is InChI=1S/C34H42N8O5/c1-21-25(20-35-29-28(21)41(16-17-45-29)32(44)47-34(5,6)7)22-8-9-23-19-36-30(37-26(23)18-22)38-27-12-15-42(39-27)24-10-13-40(14-11-24)31(43)46-33(2,3)4/h8-9,12,15,18-20,24H,10-11,13-14,16-17H2,1-7H3,(H,36,37,38,39). The summed E-state index contributed by atoms with van der Waals surface area (Å²) in [5.74, 6) is 1.46. The third-order valence-corrected chi connectivity index (χ3v) is 7.94. The number of piperidine rings is 1. The number of carbonyl (C=O) groups excluding carboxylic acids is 2. The summed E-state index contributed by atoms with van der Waals surface area (Å²) in [7, 11) is 0. The van der Waals surface area contributed by atoms with Gasteiger partial charge in [-0.05, 0) is 78.5 Å². The van der Waals surface area contributed by atoms with E-state index in [-0.39, 0.29) is 12.1 Å². The fourth-order valence-electron chi connectivity index (χ4n) is 5.74. The Kier molecular flexibility index (Phi) is 8.41. The lowest BCUT2D eigenvalue weighted by Gasteiger charge is -2.33. The van der Waals surface area contributed by atoms with Crippen LogP contribution in [0.3, 0.4) is 0 Å². The summed E-state index contributed by atoms with van der Waals surface area (Å²) in [5, 5.41) is 8.84. The van der Waals surface area contributed by atoms with E-state index >= 15 is 0 Å². The zero-order valence-corrected chi connectivity index (χ0v) is 28.0. The maximum absolute atomic E-state index is 13.1. The Labute approximate surface area is 274 Å². The summed E-state index contributed by atoms with van der Waals surface area (Å²) in [5.41, 5.74) is 2.82. The van der Waals surface area contributed by atoms with Gasteiger partial charge in [0, 0.05) is 48.7 Å². The lowest BCUT2D eigenvalue weighted by molar-refractivity contribution is 0.0184. The van der Waals surface area contributed by atoms with Crippen LogP contribution in [-0.2, 0) is 9.47 Å². The van der Waals surface area contributed by atoms with E-state index in [0.717, 1.165) is 40.4 Å². The number of carbonyl (C=O) groups is 2. The molecule has 0 unspecified atom stereocenters. The molecular weight excluding hydrogens is 600 g/mol. The Hall–Kier alpha value is -4.94. The van der Waals surface area contributed by atoms with Crippen LogP contribution in [0.5, 0.6) is 5.88 Å². The van der Waals surface area contributed by atoms with Crippen molar-refractivity contribution in [3.05, 3.63) is 48.4 Å². The molecule has 5 heterocycles. The van der Waals surface area contributed by atoms with E-state index in [4.69, 9.17) is 24.3 Å². The Morgan fingerprint density at radius 1 is 0.936 bits per heavy atom. The zero-order chi connectivity index (χ0) is 33.5. The van der Waals surface area contributed by atoms with Crippen LogP contribution in [0, 0.1) is 6.92 Å². The van der Waals surface area contributed by atoms with Crippen molar-refractivity contribution in [2.24, 2.45) is 0 Å². The zero-order valence-electron chi connectivity index (χ0n) is 28.0. The van der Waals surface area contributed by atoms with Gasteiger partial charge in [-0.15, -0.1) is 0 Å². The molecule has 0 saturated carbocycles. The highest BCUT2D eigenvalue weighted by Gasteiger charge is 2.32. The molecule has 13 heteroatoms. The molecule has 13 nitrogen and oxygen atoms in total. The molecule has 1 N–H and O–H groups in total. The molecule has 1 aromatic carbocycles. The van der Waals surface area contributed by atoms with E-state index in [1.54, 1.807) is 22.2 Å². The van der Waals surface area contributed by atoms with Crippen molar-refractivity contribution in [1.29, 1.82) is 0 Å². The maximum Gasteiger partial charge on any atom is 0.415 e. The lowest BCUT2D eigenvalue weighted by Crippen LogP contribution is -2.42. The number of benzene rings is 1. The Morgan fingerprint density at radius 3 is 2.38 bits per heavy atom. The molecule has 4 aromatic rings. The fourth-order valence-corrected chi connectivity index (χ4v) is 5.74. The van der Waals surface area contributed by atoms with E-state index in [1.807, 2.05) is 83.6 Å². The van der Waals surface area contributed by atoms with Gasteiger partial charge in [-0.25, -0.2) is 24.5 Å². The Morgan fingerprint density at radius 2 is 1.66 bits per heavy atom. The lowest BCUT2D eigenvalue weighted by atomic mass is 9.99. The van der Waals surface area contributed by atoms with E-state index < -0.39 is 17.3 Å². The number of hydrogen-bond donors (Lipinski definition) is 1. The van der Waals surface area contributed by atoms with Crippen LogP contribution in [0.4, 0.5) is 27.0 Å². The van der Waals surface area contributed by atoms with Crippen LogP contribution in [0.1, 0.15) is 66.0 Å². The second-order valence-electron chi connectivity index (χ2n) is 13.9. The Bertz CT molecular complexity index is 1800. The van der Waals surface area contributed by atoms with Gasteiger partial charge in [-0.2, -0.15) is 5.10 Å². The highest BCUT2D eigenvalue weighted by atomic mass is 16.6. The Balaban J connectivity index is 1.18. The van der Waals surface area contributed by atoms with Crippen molar-refractivity contribution in [2.75, 3.05) is 36.5 Å². The van der Waals surface area contributed by atoms with Gasteiger partial charge in [-0.3, -0.25) is 9.58 Å². The van der Waals surface area contributed by atoms with Gasteiger partial charge in [0.1, 0.15) is 23.5 Å². The van der Waals surface area contributed by atoms with Gasteiger partial charge in [0.2, 0.25) is 11.8 Å². The number of rotatable bonds is 4. The van der Waals surface area contributed by atoms with Crippen molar-refractivity contribution in [2.45, 2.75) is 78.6 Å². The highest BCUT2D eigenvalue weighted by Crippen LogP contribution is 2.39. The smallest absolute Gasteiger partial charge is 0.415 e. The summed E-state index contributed by atoms with van der Waals surface area (Å²) in [6.07, 6.45) is 6.34. The molecule has 0 bridgehead atoms. The van der Waals surface area contributed by atoms with E-state index in [0.29, 0.717) is 49.6 Å². The minimum absolute atomic E-state index is 0.175. The molecule has 2 aliphatic heterocycles. The molecule has 248 valence electrons. The van der Waals surface area contributed by atoms with Crippen molar-refractivity contribution < 1.29 is 23.8 Å². The minimum Gasteiger partial charge on any atom is -0.474 e. The molecule has 1 fully saturated rings. The summed E-state index contributed by atoms with van der Waals surface area (Å²) >= 11 is 0. The molecule has 0 aliphatic carbocycles. The number of likely N-dealkylation sites (tertiary alicyclic amines) is 1. The number of fused-ring (bicyclic) bond motifs is 2. The van der Waals surface area contributed by atoms with Crippen LogP contribution in [0.2, 0.25) is 0 Å². The number of nitrogens with zero attached hydrogens (tertiary/aromatic N) is 7. The number of amides is 2. The van der Waals surface area contributed by atoms with Crippen LogP contribution in [-0.4, -0.2) is 79.3 Å². The molecule has 3 aromatic heterocycles. The second-order valence-corrected chi connectivity index (χ2v) is 13.9.